The highest BCUT2D eigenvalue weighted by Crippen LogP contribution is 2.40. The first-order valence-electron chi connectivity index (χ1n) is 14.0. The van der Waals surface area contributed by atoms with Gasteiger partial charge < -0.3 is 9.80 Å². The Morgan fingerprint density at radius 3 is 1.97 bits per heavy atom. The summed E-state index contributed by atoms with van der Waals surface area (Å²) in [5.74, 6) is 8.85. The van der Waals surface area contributed by atoms with Crippen molar-refractivity contribution in [3.8, 4) is 11.8 Å². The summed E-state index contributed by atoms with van der Waals surface area (Å²) in [6.45, 7) is 31.4. The summed E-state index contributed by atoms with van der Waals surface area (Å²) in [7, 11) is 0. The molecule has 0 N–H and O–H groups in total. The number of hydrogen-bond acceptors (Lipinski definition) is 2. The molecule has 0 bridgehead atoms. The molecule has 33 heavy (non-hydrogen) atoms. The summed E-state index contributed by atoms with van der Waals surface area (Å²) >= 11 is 0. The summed E-state index contributed by atoms with van der Waals surface area (Å²) in [5.41, 5.74) is 1.33. The second kappa shape index (κ2) is 11.5. The normalized spacial score (nSPS) is 24.4. The molecule has 2 fully saturated rings. The van der Waals surface area contributed by atoms with Gasteiger partial charge in [0.1, 0.15) is 0 Å². The molecule has 2 saturated heterocycles. The number of piperidine rings is 2. The standard InChI is InChI=1S/C31H58N2/c1-28(2,3)19-22-32-20-12-14-27(24-32)31(9,10)18-17-30(7,8)16-15-26-13-11-21-33(23-26)25-29(4,5)6/h26-27H,11-14,17-25H2,1-10H3. The highest BCUT2D eigenvalue weighted by molar-refractivity contribution is 5.13. The van der Waals surface area contributed by atoms with Crippen molar-refractivity contribution >= 4 is 0 Å². The maximum Gasteiger partial charge on any atom is 0.0330 e. The van der Waals surface area contributed by atoms with E-state index in [2.05, 4.69) is 90.9 Å². The fraction of sp³-hybridized carbons (Fsp3) is 0.935. The van der Waals surface area contributed by atoms with Gasteiger partial charge in [0.15, 0.2) is 0 Å². The molecular weight excluding hydrogens is 400 g/mol. The van der Waals surface area contributed by atoms with Crippen molar-refractivity contribution in [1.82, 2.24) is 9.80 Å². The molecule has 2 nitrogen and oxygen atoms in total. The summed E-state index contributed by atoms with van der Waals surface area (Å²) in [4.78, 5) is 5.39. The Morgan fingerprint density at radius 2 is 1.33 bits per heavy atom. The summed E-state index contributed by atoms with van der Waals surface area (Å²) < 4.78 is 0. The topological polar surface area (TPSA) is 6.48 Å². The minimum Gasteiger partial charge on any atom is -0.303 e. The van der Waals surface area contributed by atoms with Gasteiger partial charge in [-0.3, -0.25) is 0 Å². The van der Waals surface area contributed by atoms with Gasteiger partial charge in [-0.05, 0) is 101 Å². The van der Waals surface area contributed by atoms with Crippen LogP contribution in [0, 0.1) is 45.3 Å². The minimum atomic E-state index is 0.115. The fourth-order valence-corrected chi connectivity index (χ4v) is 5.58. The maximum atomic E-state index is 3.75. The Bertz CT molecular complexity index is 649. The van der Waals surface area contributed by atoms with Crippen molar-refractivity contribution in [3.05, 3.63) is 0 Å². The van der Waals surface area contributed by atoms with Crippen molar-refractivity contribution in [2.45, 2.75) is 114 Å². The van der Waals surface area contributed by atoms with Crippen molar-refractivity contribution < 1.29 is 0 Å². The molecule has 2 rings (SSSR count). The molecule has 2 aliphatic heterocycles. The van der Waals surface area contributed by atoms with E-state index in [1.54, 1.807) is 0 Å². The zero-order valence-electron chi connectivity index (χ0n) is 24.2. The van der Waals surface area contributed by atoms with Gasteiger partial charge in [-0.25, -0.2) is 0 Å². The predicted octanol–water partition coefficient (Wildman–Crippen LogP) is 7.73. The van der Waals surface area contributed by atoms with E-state index in [-0.39, 0.29) is 5.41 Å². The summed E-state index contributed by atoms with van der Waals surface area (Å²) in [6, 6.07) is 0. The van der Waals surface area contributed by atoms with Gasteiger partial charge in [-0.2, -0.15) is 0 Å². The van der Waals surface area contributed by atoms with Crippen LogP contribution < -0.4 is 0 Å². The number of nitrogens with zero attached hydrogens (tertiary/aromatic N) is 2. The second-order valence-electron chi connectivity index (χ2n) is 15.2. The Morgan fingerprint density at radius 1 is 0.697 bits per heavy atom. The smallest absolute Gasteiger partial charge is 0.0330 e. The van der Waals surface area contributed by atoms with Gasteiger partial charge in [0, 0.05) is 31.0 Å². The number of likely N-dealkylation sites (tertiary alicyclic amines) is 2. The van der Waals surface area contributed by atoms with Gasteiger partial charge in [-0.1, -0.05) is 67.2 Å². The van der Waals surface area contributed by atoms with Crippen LogP contribution >= 0.6 is 0 Å². The molecule has 2 heterocycles. The average molecular weight is 459 g/mol. The van der Waals surface area contributed by atoms with E-state index in [1.165, 1.54) is 77.7 Å². The van der Waals surface area contributed by atoms with Gasteiger partial charge >= 0.3 is 0 Å². The third-order valence-electron chi connectivity index (χ3n) is 8.00. The highest BCUT2D eigenvalue weighted by atomic mass is 15.1. The lowest BCUT2D eigenvalue weighted by Gasteiger charge is -2.43. The van der Waals surface area contributed by atoms with Crippen molar-refractivity contribution in [3.63, 3.8) is 0 Å². The lowest BCUT2D eigenvalue weighted by molar-refractivity contribution is 0.0691. The van der Waals surface area contributed by atoms with Crippen molar-refractivity contribution in [2.75, 3.05) is 39.3 Å². The molecule has 2 heteroatoms. The maximum absolute atomic E-state index is 3.75. The molecule has 0 spiro atoms. The quantitative estimate of drug-likeness (QED) is 0.360. The van der Waals surface area contributed by atoms with Crippen molar-refractivity contribution in [2.24, 2.45) is 33.5 Å². The molecule has 0 aromatic carbocycles. The van der Waals surface area contributed by atoms with Crippen LogP contribution in [-0.2, 0) is 0 Å². The fourth-order valence-electron chi connectivity index (χ4n) is 5.58. The van der Waals surface area contributed by atoms with Crippen LogP contribution in [0.5, 0.6) is 0 Å². The molecule has 0 radical (unpaired) electrons. The van der Waals surface area contributed by atoms with E-state index in [0.717, 1.165) is 12.5 Å². The third-order valence-corrected chi connectivity index (χ3v) is 8.00. The molecular formula is C31H58N2. The second-order valence-corrected chi connectivity index (χ2v) is 15.2. The van der Waals surface area contributed by atoms with E-state index in [0.29, 0.717) is 22.2 Å². The Hall–Kier alpha value is -0.520. The van der Waals surface area contributed by atoms with Crippen LogP contribution in [0.25, 0.3) is 0 Å². The van der Waals surface area contributed by atoms with E-state index < -0.39 is 0 Å². The van der Waals surface area contributed by atoms with Crippen LogP contribution in [0.3, 0.4) is 0 Å². The van der Waals surface area contributed by atoms with Crippen LogP contribution in [0.2, 0.25) is 0 Å². The summed E-state index contributed by atoms with van der Waals surface area (Å²) in [6.07, 6.45) is 9.15. The lowest BCUT2D eigenvalue weighted by atomic mass is 9.69. The first-order chi connectivity index (χ1) is 15.0. The molecule has 2 unspecified atom stereocenters. The molecule has 192 valence electrons. The largest absolute Gasteiger partial charge is 0.303 e. The molecule has 0 aromatic heterocycles. The van der Waals surface area contributed by atoms with E-state index in [4.69, 9.17) is 0 Å². The third kappa shape index (κ3) is 11.2. The lowest BCUT2D eigenvalue weighted by Crippen LogP contribution is -2.42. The van der Waals surface area contributed by atoms with Crippen molar-refractivity contribution in [1.29, 1.82) is 0 Å². The SMILES string of the molecule is CC(C)(C)CCN1CCCC(C(C)(C)CCC(C)(C)C#CC2CCCN(CC(C)(C)C)C2)C1. The first kappa shape index (κ1) is 28.7. The van der Waals surface area contributed by atoms with Crippen LogP contribution in [0.15, 0.2) is 0 Å². The Kier molecular flexibility index (Phi) is 9.99. The predicted molar refractivity (Wildman–Crippen MR) is 146 cm³/mol. The molecule has 0 aliphatic carbocycles. The Balaban J connectivity index is 1.87. The zero-order valence-corrected chi connectivity index (χ0v) is 24.2. The van der Waals surface area contributed by atoms with E-state index in [9.17, 15) is 0 Å². The monoisotopic (exact) mass is 458 g/mol. The molecule has 0 aromatic rings. The summed E-state index contributed by atoms with van der Waals surface area (Å²) in [5, 5.41) is 0. The average Bonchev–Trinajstić information content (AvgIpc) is 2.68. The van der Waals surface area contributed by atoms with Gasteiger partial charge in [0.2, 0.25) is 0 Å². The molecule has 0 saturated carbocycles. The Labute approximate surface area is 208 Å². The van der Waals surface area contributed by atoms with Crippen LogP contribution in [-0.4, -0.2) is 49.1 Å². The first-order valence-corrected chi connectivity index (χ1v) is 14.0. The van der Waals surface area contributed by atoms with E-state index >= 15 is 0 Å². The molecule has 2 atom stereocenters. The van der Waals surface area contributed by atoms with Gasteiger partial charge in [-0.15, -0.1) is 0 Å². The van der Waals surface area contributed by atoms with Crippen LogP contribution in [0.4, 0.5) is 0 Å². The van der Waals surface area contributed by atoms with E-state index in [1.807, 2.05) is 0 Å². The van der Waals surface area contributed by atoms with Crippen LogP contribution in [0.1, 0.15) is 114 Å². The zero-order chi connectivity index (χ0) is 24.9. The minimum absolute atomic E-state index is 0.115. The molecule has 0 amide bonds. The van der Waals surface area contributed by atoms with Gasteiger partial charge in [0.25, 0.3) is 0 Å². The number of hydrogen-bond donors (Lipinski definition) is 0. The molecule has 2 aliphatic rings. The number of rotatable bonds is 7. The van der Waals surface area contributed by atoms with Gasteiger partial charge in [0.05, 0.1) is 0 Å². The highest BCUT2D eigenvalue weighted by Gasteiger charge is 2.34.